The standard InChI is InChI=1S/C20H29N2O14P3/c1-12-5-4-6-13(2)16(12)10-32-9-15-8-22(20(24)21-14(15)3)19-7-17(23)18(34-19)11-33-38(28,29)36-39(30,31)35-37(25,26)27/h4-6,8,17-19,23H,3,7,9-11H2,1-2H3,(H,21,24)(H,28,29)(H,30,31)(H2,25,26,27)/t17?,18-,19-/m1/s1. The van der Waals surface area contributed by atoms with E-state index in [2.05, 4.69) is 25.0 Å². The normalized spacial score (nSPS) is 25.2. The fourth-order valence-corrected chi connectivity index (χ4v) is 6.79. The molecule has 1 aromatic carbocycles. The highest BCUT2D eigenvalue weighted by Gasteiger charge is 2.44. The number of aliphatic hydroxyl groups is 1. The number of nitrogens with zero attached hydrogens (tertiary/aromatic N) is 1. The van der Waals surface area contributed by atoms with Gasteiger partial charge in [0.2, 0.25) is 0 Å². The van der Waals surface area contributed by atoms with E-state index in [1.54, 1.807) is 0 Å². The van der Waals surface area contributed by atoms with E-state index in [9.17, 15) is 33.4 Å². The van der Waals surface area contributed by atoms with Crippen LogP contribution in [-0.4, -0.2) is 67.3 Å². The highest BCUT2D eigenvalue weighted by atomic mass is 31.3. The van der Waals surface area contributed by atoms with E-state index >= 15 is 0 Å². The third-order valence-corrected chi connectivity index (χ3v) is 9.46. The van der Waals surface area contributed by atoms with E-state index in [0.717, 1.165) is 21.6 Å². The van der Waals surface area contributed by atoms with Gasteiger partial charge in [0.25, 0.3) is 0 Å². The number of carbonyl (C=O) groups is 1. The third-order valence-electron chi connectivity index (χ3n) is 5.66. The van der Waals surface area contributed by atoms with Crippen LogP contribution in [0.2, 0.25) is 0 Å². The molecule has 19 heteroatoms. The molecule has 6 N–H and O–H groups in total. The highest BCUT2D eigenvalue weighted by molar-refractivity contribution is 7.66. The Morgan fingerprint density at radius 3 is 2.33 bits per heavy atom. The van der Waals surface area contributed by atoms with E-state index in [-0.39, 0.29) is 13.0 Å². The van der Waals surface area contributed by atoms with Crippen molar-refractivity contribution in [2.45, 2.75) is 45.3 Å². The van der Waals surface area contributed by atoms with E-state index in [1.807, 2.05) is 32.0 Å². The SMILES string of the molecule is C=C1NC(=O)N([C@H]2CC(O)[C@@H](COP(=O)(O)OP(=O)(O)OP(=O)(O)O)O2)C=C1COCc1c(C)cccc1C. The van der Waals surface area contributed by atoms with Crippen LogP contribution in [0.5, 0.6) is 0 Å². The molecule has 0 aliphatic carbocycles. The molecule has 1 aromatic rings. The number of aryl methyl sites for hydroxylation is 2. The minimum Gasteiger partial charge on any atom is -0.390 e. The molecule has 1 saturated heterocycles. The van der Waals surface area contributed by atoms with Crippen LogP contribution in [0.4, 0.5) is 4.79 Å². The van der Waals surface area contributed by atoms with Gasteiger partial charge >= 0.3 is 29.5 Å². The molecule has 2 heterocycles. The zero-order chi connectivity index (χ0) is 29.2. The van der Waals surface area contributed by atoms with E-state index < -0.39 is 54.5 Å². The van der Waals surface area contributed by atoms with Gasteiger partial charge in [-0.2, -0.15) is 8.62 Å². The van der Waals surface area contributed by atoms with Crippen molar-refractivity contribution < 1.29 is 65.8 Å². The third kappa shape index (κ3) is 9.13. The van der Waals surface area contributed by atoms with Crippen molar-refractivity contribution in [3.63, 3.8) is 0 Å². The lowest BCUT2D eigenvalue weighted by atomic mass is 10.0. The van der Waals surface area contributed by atoms with Gasteiger partial charge in [0.05, 0.1) is 25.9 Å². The second-order valence-corrected chi connectivity index (χ2v) is 13.1. The first-order valence-corrected chi connectivity index (χ1v) is 15.7. The molecule has 39 heavy (non-hydrogen) atoms. The number of nitrogens with one attached hydrogen (secondary N) is 1. The van der Waals surface area contributed by atoms with Gasteiger partial charge in [0.1, 0.15) is 12.3 Å². The second kappa shape index (κ2) is 12.4. The van der Waals surface area contributed by atoms with Crippen LogP contribution in [0, 0.1) is 13.8 Å². The largest absolute Gasteiger partial charge is 0.490 e. The molecule has 2 aliphatic rings. The number of amides is 2. The number of ether oxygens (including phenoxy) is 2. The molecule has 2 amide bonds. The molecule has 2 aliphatic heterocycles. The molecule has 0 saturated carbocycles. The maximum Gasteiger partial charge on any atom is 0.490 e. The maximum atomic E-state index is 12.6. The summed E-state index contributed by atoms with van der Waals surface area (Å²) in [6, 6.07) is 5.26. The lowest BCUT2D eigenvalue weighted by molar-refractivity contribution is -0.0530. The number of hydrogen-bond donors (Lipinski definition) is 6. The van der Waals surface area contributed by atoms with Gasteiger partial charge < -0.3 is 39.5 Å². The van der Waals surface area contributed by atoms with Gasteiger partial charge in [0.15, 0.2) is 0 Å². The van der Waals surface area contributed by atoms with Crippen LogP contribution in [0.1, 0.15) is 23.1 Å². The average Bonchev–Trinajstić information content (AvgIpc) is 3.13. The Morgan fingerprint density at radius 2 is 1.72 bits per heavy atom. The number of rotatable bonds is 12. The molecule has 16 nitrogen and oxygen atoms in total. The average molecular weight is 614 g/mol. The van der Waals surface area contributed by atoms with Gasteiger partial charge in [0, 0.05) is 23.9 Å². The van der Waals surface area contributed by atoms with E-state index in [4.69, 9.17) is 19.3 Å². The Labute approximate surface area is 223 Å². The molecule has 0 radical (unpaired) electrons. The van der Waals surface area contributed by atoms with Gasteiger partial charge in [-0.05, 0) is 30.5 Å². The van der Waals surface area contributed by atoms with Gasteiger partial charge in [-0.1, -0.05) is 24.8 Å². The first-order valence-electron chi connectivity index (χ1n) is 11.2. The van der Waals surface area contributed by atoms with Crippen molar-refractivity contribution in [2.24, 2.45) is 0 Å². The summed E-state index contributed by atoms with van der Waals surface area (Å²) < 4.78 is 57.3. The van der Waals surface area contributed by atoms with E-state index in [1.165, 1.54) is 6.20 Å². The Kier molecular flexibility index (Phi) is 10.1. The van der Waals surface area contributed by atoms with Crippen LogP contribution >= 0.6 is 23.5 Å². The van der Waals surface area contributed by atoms with Crippen LogP contribution in [0.25, 0.3) is 0 Å². The number of hydrogen-bond acceptors (Lipinski definition) is 10. The Balaban J connectivity index is 1.60. The number of phosphoric ester groups is 1. The fourth-order valence-electron chi connectivity index (χ4n) is 3.76. The van der Waals surface area contributed by atoms with Crippen LogP contribution in [0.15, 0.2) is 42.2 Å². The summed E-state index contributed by atoms with van der Waals surface area (Å²) in [7, 11) is -16.7. The lowest BCUT2D eigenvalue weighted by Crippen LogP contribution is -2.46. The summed E-state index contributed by atoms with van der Waals surface area (Å²) in [5.41, 5.74) is 3.99. The van der Waals surface area contributed by atoms with Crippen LogP contribution < -0.4 is 5.32 Å². The maximum absolute atomic E-state index is 12.6. The predicted octanol–water partition coefficient (Wildman–Crippen LogP) is 2.06. The smallest absolute Gasteiger partial charge is 0.390 e. The van der Waals surface area contributed by atoms with Crippen molar-refractivity contribution in [1.82, 2.24) is 10.2 Å². The summed E-state index contributed by atoms with van der Waals surface area (Å²) >= 11 is 0. The summed E-state index contributed by atoms with van der Waals surface area (Å²) in [5.74, 6) is 0. The second-order valence-electron chi connectivity index (χ2n) is 8.65. The Morgan fingerprint density at radius 1 is 1.08 bits per heavy atom. The number of phosphoric acid groups is 3. The van der Waals surface area contributed by atoms with Crippen molar-refractivity contribution >= 4 is 29.5 Å². The molecule has 5 atom stereocenters. The fraction of sp³-hybridized carbons (Fsp3) is 0.450. The first-order chi connectivity index (χ1) is 18.0. The number of carbonyl (C=O) groups excluding carboxylic acids is 1. The zero-order valence-electron chi connectivity index (χ0n) is 20.8. The number of benzene rings is 1. The van der Waals surface area contributed by atoms with E-state index in [0.29, 0.717) is 17.9 Å². The highest BCUT2D eigenvalue weighted by Crippen LogP contribution is 2.66. The first kappa shape index (κ1) is 31.8. The van der Waals surface area contributed by atoms with Crippen molar-refractivity contribution in [1.29, 1.82) is 0 Å². The zero-order valence-corrected chi connectivity index (χ0v) is 23.5. The molecular weight excluding hydrogens is 585 g/mol. The quantitative estimate of drug-likeness (QED) is 0.185. The molecule has 3 rings (SSSR count). The monoisotopic (exact) mass is 614 g/mol. The molecule has 0 spiro atoms. The van der Waals surface area contributed by atoms with Gasteiger partial charge in [-0.25, -0.2) is 18.5 Å². The topological polar surface area (TPSA) is 231 Å². The summed E-state index contributed by atoms with van der Waals surface area (Å²) in [6.07, 6.45) is -2.35. The Bertz CT molecular complexity index is 1260. The van der Waals surface area contributed by atoms with Gasteiger partial charge in [-0.3, -0.25) is 9.42 Å². The lowest BCUT2D eigenvalue weighted by Gasteiger charge is -2.31. The molecule has 218 valence electrons. The summed E-state index contributed by atoms with van der Waals surface area (Å²) in [4.78, 5) is 49.7. The minimum absolute atomic E-state index is 0.0914. The molecule has 0 bridgehead atoms. The van der Waals surface area contributed by atoms with Crippen LogP contribution in [-0.2, 0) is 42.9 Å². The minimum atomic E-state index is -5.70. The van der Waals surface area contributed by atoms with Gasteiger partial charge in [-0.15, -0.1) is 0 Å². The summed E-state index contributed by atoms with van der Waals surface area (Å²) in [6.45, 7) is 7.30. The molecule has 3 unspecified atom stereocenters. The summed E-state index contributed by atoms with van der Waals surface area (Å²) in [5, 5.41) is 12.9. The molecule has 0 aromatic heterocycles. The van der Waals surface area contributed by atoms with Crippen LogP contribution in [0.3, 0.4) is 0 Å². The predicted molar refractivity (Wildman–Crippen MR) is 132 cm³/mol. The molecule has 1 fully saturated rings. The van der Waals surface area contributed by atoms with Crippen molar-refractivity contribution in [3.05, 3.63) is 58.9 Å². The number of urea groups is 1. The van der Waals surface area contributed by atoms with Crippen molar-refractivity contribution in [2.75, 3.05) is 13.2 Å². The van der Waals surface area contributed by atoms with Crippen molar-refractivity contribution in [3.8, 4) is 0 Å². The molecular formula is C20H29N2O14P3. The Hall–Kier alpha value is -1.74. The number of aliphatic hydroxyl groups excluding tert-OH is 1.